The minimum Gasteiger partial charge on any atom is -0.466 e. The highest BCUT2D eigenvalue weighted by Gasteiger charge is 2.17. The molecule has 1 unspecified atom stereocenters. The molecule has 0 radical (unpaired) electrons. The van der Waals surface area contributed by atoms with Crippen LogP contribution in [-0.4, -0.2) is 30.0 Å². The van der Waals surface area contributed by atoms with Gasteiger partial charge in [0, 0.05) is 11.8 Å². The monoisotopic (exact) mass is 308 g/mol. The first-order valence-electron chi connectivity index (χ1n) is 6.05. The number of alkyl halides is 1. The van der Waals surface area contributed by atoms with Crippen LogP contribution >= 0.6 is 15.9 Å². The molecule has 0 N–H and O–H groups in total. The lowest BCUT2D eigenvalue weighted by Crippen LogP contribution is -2.24. The summed E-state index contributed by atoms with van der Waals surface area (Å²) in [5, 5.41) is 0.450. The van der Waals surface area contributed by atoms with Gasteiger partial charge in [0.1, 0.15) is 6.10 Å². The molecule has 17 heavy (non-hydrogen) atoms. The molecule has 0 fully saturated rings. The van der Waals surface area contributed by atoms with E-state index in [2.05, 4.69) is 15.9 Å². The second kappa shape index (κ2) is 10.6. The maximum Gasteiger partial charge on any atom is 0.309 e. The van der Waals surface area contributed by atoms with Crippen molar-refractivity contribution < 1.29 is 19.1 Å². The van der Waals surface area contributed by atoms with Crippen molar-refractivity contribution in [1.82, 2.24) is 0 Å². The summed E-state index contributed by atoms with van der Waals surface area (Å²) < 4.78 is 10.1. The Morgan fingerprint density at radius 2 is 1.88 bits per heavy atom. The van der Waals surface area contributed by atoms with Crippen molar-refractivity contribution in [2.75, 3.05) is 11.9 Å². The van der Waals surface area contributed by atoms with Gasteiger partial charge < -0.3 is 9.47 Å². The zero-order valence-corrected chi connectivity index (χ0v) is 12.1. The van der Waals surface area contributed by atoms with Crippen LogP contribution in [0.15, 0.2) is 0 Å². The van der Waals surface area contributed by atoms with E-state index >= 15 is 0 Å². The molecule has 100 valence electrons. The molecule has 4 nitrogen and oxygen atoms in total. The number of carbonyl (C=O) groups is 2. The van der Waals surface area contributed by atoms with Crippen LogP contribution in [0.5, 0.6) is 0 Å². The number of carbonyl (C=O) groups excluding carboxylic acids is 2. The van der Waals surface area contributed by atoms with Gasteiger partial charge in [0.15, 0.2) is 0 Å². The Hall–Kier alpha value is -0.580. The number of rotatable bonds is 9. The maximum atomic E-state index is 11.4. The van der Waals surface area contributed by atoms with Gasteiger partial charge in [-0.3, -0.25) is 9.59 Å². The van der Waals surface area contributed by atoms with Crippen molar-refractivity contribution in [3.05, 3.63) is 0 Å². The van der Waals surface area contributed by atoms with Crippen LogP contribution in [0, 0.1) is 0 Å². The quantitative estimate of drug-likeness (QED) is 0.373. The summed E-state index contributed by atoms with van der Waals surface area (Å²) >= 11 is 3.22. The van der Waals surface area contributed by atoms with Gasteiger partial charge in [0.25, 0.3) is 0 Å². The SMILES string of the molecule is CCCCOC(=O)CC(CBr)OC(=O)CCC. The van der Waals surface area contributed by atoms with Crippen LogP contribution in [0.1, 0.15) is 46.0 Å². The van der Waals surface area contributed by atoms with Gasteiger partial charge in [-0.15, -0.1) is 0 Å². The minimum atomic E-state index is -0.428. The molecule has 0 aromatic carbocycles. The van der Waals surface area contributed by atoms with Crippen molar-refractivity contribution in [3.63, 3.8) is 0 Å². The van der Waals surface area contributed by atoms with Crippen LogP contribution in [0.3, 0.4) is 0 Å². The summed E-state index contributed by atoms with van der Waals surface area (Å²) in [7, 11) is 0. The third-order valence-corrected chi connectivity index (χ3v) is 2.80. The molecule has 0 rings (SSSR count). The Balaban J connectivity index is 3.86. The molecule has 0 aliphatic heterocycles. The number of unbranched alkanes of at least 4 members (excludes halogenated alkanes) is 1. The van der Waals surface area contributed by atoms with Gasteiger partial charge in [-0.1, -0.05) is 36.2 Å². The molecule has 0 heterocycles. The minimum absolute atomic E-state index is 0.115. The van der Waals surface area contributed by atoms with Gasteiger partial charge >= 0.3 is 11.9 Å². The predicted octanol–water partition coefficient (Wildman–Crippen LogP) is 2.83. The third kappa shape index (κ3) is 9.15. The Bertz CT molecular complexity index is 231. The second-order valence-corrected chi connectivity index (χ2v) is 4.44. The van der Waals surface area contributed by atoms with E-state index in [9.17, 15) is 9.59 Å². The molecule has 0 aliphatic rings. The summed E-state index contributed by atoms with van der Waals surface area (Å²) in [6.45, 7) is 4.37. The first kappa shape index (κ1) is 16.4. The standard InChI is InChI=1S/C12H21BrO4/c1-3-5-7-16-12(15)8-10(9-13)17-11(14)6-4-2/h10H,3-9H2,1-2H3. The van der Waals surface area contributed by atoms with Crippen LogP contribution in [0.25, 0.3) is 0 Å². The van der Waals surface area contributed by atoms with Gasteiger partial charge in [0.2, 0.25) is 0 Å². The van der Waals surface area contributed by atoms with Crippen molar-refractivity contribution >= 4 is 27.9 Å². The normalized spacial score (nSPS) is 11.9. The van der Waals surface area contributed by atoms with Crippen LogP contribution < -0.4 is 0 Å². The molecular formula is C12H21BrO4. The first-order chi connectivity index (χ1) is 8.13. The van der Waals surface area contributed by atoms with Crippen molar-refractivity contribution in [1.29, 1.82) is 0 Å². The molecule has 0 spiro atoms. The highest BCUT2D eigenvalue weighted by molar-refractivity contribution is 9.09. The van der Waals surface area contributed by atoms with Gasteiger partial charge in [-0.05, 0) is 12.8 Å². The van der Waals surface area contributed by atoms with Crippen LogP contribution in [0.4, 0.5) is 0 Å². The molecule has 0 aromatic rings. The molecule has 0 amide bonds. The lowest BCUT2D eigenvalue weighted by molar-refractivity contribution is -0.153. The first-order valence-corrected chi connectivity index (χ1v) is 7.17. The molecule has 5 heteroatoms. The number of ether oxygens (including phenoxy) is 2. The third-order valence-electron chi connectivity index (χ3n) is 2.08. The Morgan fingerprint density at radius 1 is 1.18 bits per heavy atom. The summed E-state index contributed by atoms with van der Waals surface area (Å²) in [5.74, 6) is -0.578. The Kier molecular flexibility index (Phi) is 10.2. The van der Waals surface area contributed by atoms with E-state index < -0.39 is 6.10 Å². The average molecular weight is 309 g/mol. The number of hydrogen-bond acceptors (Lipinski definition) is 4. The van der Waals surface area contributed by atoms with E-state index in [1.807, 2.05) is 13.8 Å². The Labute approximate surface area is 111 Å². The van der Waals surface area contributed by atoms with Gasteiger partial charge in [-0.25, -0.2) is 0 Å². The van der Waals surface area contributed by atoms with E-state index in [0.29, 0.717) is 18.4 Å². The smallest absolute Gasteiger partial charge is 0.309 e. The molecule has 0 saturated heterocycles. The molecule has 0 saturated carbocycles. The zero-order chi connectivity index (χ0) is 13.1. The van der Waals surface area contributed by atoms with E-state index in [1.54, 1.807) is 0 Å². The average Bonchev–Trinajstić information content (AvgIpc) is 2.28. The topological polar surface area (TPSA) is 52.6 Å². The van der Waals surface area contributed by atoms with E-state index in [4.69, 9.17) is 9.47 Å². The highest BCUT2D eigenvalue weighted by Crippen LogP contribution is 2.07. The van der Waals surface area contributed by atoms with Gasteiger partial charge in [-0.2, -0.15) is 0 Å². The predicted molar refractivity (Wildman–Crippen MR) is 69.1 cm³/mol. The number of esters is 2. The van der Waals surface area contributed by atoms with Crippen LogP contribution in [-0.2, 0) is 19.1 Å². The fourth-order valence-corrected chi connectivity index (χ4v) is 1.51. The lowest BCUT2D eigenvalue weighted by Gasteiger charge is -2.14. The van der Waals surface area contributed by atoms with E-state index in [1.165, 1.54) is 0 Å². The molecule has 0 bridgehead atoms. The molecular weight excluding hydrogens is 288 g/mol. The zero-order valence-electron chi connectivity index (χ0n) is 10.5. The second-order valence-electron chi connectivity index (χ2n) is 3.79. The van der Waals surface area contributed by atoms with Crippen LogP contribution in [0.2, 0.25) is 0 Å². The summed E-state index contributed by atoms with van der Waals surface area (Å²) in [6, 6.07) is 0. The lowest BCUT2D eigenvalue weighted by atomic mass is 10.3. The molecule has 1 atom stereocenters. The van der Waals surface area contributed by atoms with Crippen molar-refractivity contribution in [2.24, 2.45) is 0 Å². The van der Waals surface area contributed by atoms with E-state index in [-0.39, 0.29) is 18.4 Å². The van der Waals surface area contributed by atoms with Crippen molar-refractivity contribution in [2.45, 2.75) is 52.1 Å². The molecule has 0 aromatic heterocycles. The summed E-state index contributed by atoms with van der Waals surface area (Å²) in [5.41, 5.74) is 0. The fourth-order valence-electron chi connectivity index (χ4n) is 1.15. The highest BCUT2D eigenvalue weighted by atomic mass is 79.9. The van der Waals surface area contributed by atoms with Crippen molar-refractivity contribution in [3.8, 4) is 0 Å². The number of halogens is 1. The Morgan fingerprint density at radius 3 is 2.41 bits per heavy atom. The summed E-state index contributed by atoms with van der Waals surface area (Å²) in [6.07, 6.45) is 2.66. The van der Waals surface area contributed by atoms with E-state index in [0.717, 1.165) is 19.3 Å². The van der Waals surface area contributed by atoms with Gasteiger partial charge in [0.05, 0.1) is 13.0 Å². The number of hydrogen-bond donors (Lipinski definition) is 0. The maximum absolute atomic E-state index is 11.4. The fraction of sp³-hybridized carbons (Fsp3) is 0.833. The molecule has 0 aliphatic carbocycles. The largest absolute Gasteiger partial charge is 0.466 e. The summed E-state index contributed by atoms with van der Waals surface area (Å²) in [4.78, 5) is 22.7.